The number of morpholine rings is 1. The highest BCUT2D eigenvalue weighted by Crippen LogP contribution is 2.21. The molecule has 1 aromatic carbocycles. The number of benzene rings is 1. The first kappa shape index (κ1) is 20.3. The monoisotopic (exact) mass is 410 g/mol. The van der Waals surface area contributed by atoms with E-state index < -0.39 is 0 Å². The van der Waals surface area contributed by atoms with Crippen LogP contribution in [0, 0.1) is 6.92 Å². The van der Waals surface area contributed by atoms with Crippen LogP contribution in [0.25, 0.3) is 11.1 Å². The molecule has 1 N–H and O–H groups in total. The highest BCUT2D eigenvalue weighted by atomic mass is 16.5. The van der Waals surface area contributed by atoms with Crippen molar-refractivity contribution in [3.05, 3.63) is 63.4 Å². The van der Waals surface area contributed by atoms with Crippen molar-refractivity contribution < 1.29 is 13.9 Å². The van der Waals surface area contributed by atoms with Gasteiger partial charge in [0.05, 0.1) is 18.3 Å². The first-order valence-corrected chi connectivity index (χ1v) is 10.1. The number of hydrogen-bond donors (Lipinski definition) is 1. The Morgan fingerprint density at radius 3 is 2.93 bits per heavy atom. The molecule has 1 aliphatic heterocycles. The number of rotatable bonds is 5. The molecule has 1 atom stereocenters. The van der Waals surface area contributed by atoms with Gasteiger partial charge in [0.15, 0.2) is 0 Å². The highest BCUT2D eigenvalue weighted by molar-refractivity contribution is 6.06. The van der Waals surface area contributed by atoms with Crippen LogP contribution in [0.15, 0.2) is 39.8 Å². The molecule has 4 rings (SSSR count). The summed E-state index contributed by atoms with van der Waals surface area (Å²) in [5, 5.41) is 3.12. The average molecular weight is 410 g/mol. The fourth-order valence-corrected chi connectivity index (χ4v) is 3.86. The van der Waals surface area contributed by atoms with E-state index in [-0.39, 0.29) is 34.2 Å². The topological polar surface area (TPSA) is 89.6 Å². The fourth-order valence-electron chi connectivity index (χ4n) is 3.86. The fraction of sp³-hybridized carbons (Fsp3) is 0.409. The lowest BCUT2D eigenvalue weighted by atomic mass is 10.1. The van der Waals surface area contributed by atoms with Gasteiger partial charge in [0.1, 0.15) is 17.5 Å². The Morgan fingerprint density at radius 2 is 2.13 bits per heavy atom. The first-order chi connectivity index (χ1) is 14.4. The summed E-state index contributed by atoms with van der Waals surface area (Å²) in [5.74, 6) is 0.0391. The van der Waals surface area contributed by atoms with Crippen LogP contribution in [0.3, 0.4) is 0 Å². The summed E-state index contributed by atoms with van der Waals surface area (Å²) in [4.78, 5) is 31.8. The standard InChI is InChI=1S/C22H26N4O4/c1-14-11-26(7-8-29-14)12-17-6-4-5-16(9-17)10-23-20(27)18-15(2)30-21-19(18)22(28)25(3)13-24-21/h4-6,9,13-14H,7-8,10-12H2,1-3H3,(H,23,27). The summed E-state index contributed by atoms with van der Waals surface area (Å²) in [7, 11) is 1.60. The number of ether oxygens (including phenoxy) is 1. The zero-order chi connectivity index (χ0) is 21.3. The van der Waals surface area contributed by atoms with Crippen molar-refractivity contribution in [3.63, 3.8) is 0 Å². The van der Waals surface area contributed by atoms with Crippen molar-refractivity contribution in [2.75, 3.05) is 19.7 Å². The second-order valence-electron chi connectivity index (χ2n) is 7.79. The largest absolute Gasteiger partial charge is 0.442 e. The van der Waals surface area contributed by atoms with E-state index in [1.54, 1.807) is 14.0 Å². The van der Waals surface area contributed by atoms with E-state index in [0.29, 0.717) is 12.3 Å². The number of carbonyl (C=O) groups is 1. The van der Waals surface area contributed by atoms with Crippen LogP contribution < -0.4 is 10.9 Å². The maximum Gasteiger partial charge on any atom is 0.265 e. The number of aromatic nitrogens is 2. The second kappa shape index (κ2) is 8.41. The number of nitrogens with zero attached hydrogens (tertiary/aromatic N) is 3. The summed E-state index contributed by atoms with van der Waals surface area (Å²) in [6.45, 7) is 7.55. The van der Waals surface area contributed by atoms with Crippen LogP contribution in [0.5, 0.6) is 0 Å². The molecule has 0 bridgehead atoms. The Morgan fingerprint density at radius 1 is 1.33 bits per heavy atom. The molecule has 0 spiro atoms. The molecular formula is C22H26N4O4. The third-order valence-corrected chi connectivity index (χ3v) is 5.35. The first-order valence-electron chi connectivity index (χ1n) is 10.1. The number of amides is 1. The van der Waals surface area contributed by atoms with E-state index in [4.69, 9.17) is 9.15 Å². The van der Waals surface area contributed by atoms with Gasteiger partial charge >= 0.3 is 0 Å². The van der Waals surface area contributed by atoms with E-state index in [1.165, 1.54) is 16.5 Å². The Kier molecular flexibility index (Phi) is 5.69. The van der Waals surface area contributed by atoms with Gasteiger partial charge in [-0.15, -0.1) is 0 Å². The smallest absolute Gasteiger partial charge is 0.265 e. The molecule has 30 heavy (non-hydrogen) atoms. The number of fused-ring (bicyclic) bond motifs is 1. The lowest BCUT2D eigenvalue weighted by molar-refractivity contribution is -0.0212. The van der Waals surface area contributed by atoms with Gasteiger partial charge in [-0.2, -0.15) is 0 Å². The van der Waals surface area contributed by atoms with Crippen LogP contribution in [0.4, 0.5) is 0 Å². The van der Waals surface area contributed by atoms with Gasteiger partial charge in [0, 0.05) is 33.2 Å². The van der Waals surface area contributed by atoms with Gasteiger partial charge in [-0.1, -0.05) is 24.3 Å². The maximum absolute atomic E-state index is 12.8. The Balaban J connectivity index is 1.47. The Labute approximate surface area is 174 Å². The third kappa shape index (κ3) is 4.15. The quantitative estimate of drug-likeness (QED) is 0.692. The summed E-state index contributed by atoms with van der Waals surface area (Å²) >= 11 is 0. The molecule has 0 aliphatic carbocycles. The van der Waals surface area contributed by atoms with Crippen molar-refractivity contribution >= 4 is 17.0 Å². The zero-order valence-electron chi connectivity index (χ0n) is 17.5. The molecule has 1 amide bonds. The predicted molar refractivity (Wildman–Crippen MR) is 112 cm³/mol. The van der Waals surface area contributed by atoms with Crippen molar-refractivity contribution in [2.45, 2.75) is 33.0 Å². The lowest BCUT2D eigenvalue weighted by Gasteiger charge is -2.31. The van der Waals surface area contributed by atoms with Crippen molar-refractivity contribution in [2.24, 2.45) is 7.05 Å². The molecule has 8 heteroatoms. The van der Waals surface area contributed by atoms with E-state index in [1.807, 2.05) is 12.1 Å². The zero-order valence-corrected chi connectivity index (χ0v) is 17.5. The van der Waals surface area contributed by atoms with Crippen molar-refractivity contribution in [1.29, 1.82) is 0 Å². The van der Waals surface area contributed by atoms with Gasteiger partial charge in [0.2, 0.25) is 5.71 Å². The summed E-state index contributed by atoms with van der Waals surface area (Å²) in [6, 6.07) is 8.17. The summed E-state index contributed by atoms with van der Waals surface area (Å²) < 4.78 is 12.5. The number of nitrogens with one attached hydrogen (secondary N) is 1. The van der Waals surface area contributed by atoms with Crippen LogP contribution >= 0.6 is 0 Å². The van der Waals surface area contributed by atoms with Crippen LogP contribution in [0.1, 0.15) is 34.2 Å². The SMILES string of the molecule is Cc1oc2ncn(C)c(=O)c2c1C(=O)NCc1cccc(CN2CCOC(C)C2)c1. The van der Waals surface area contributed by atoms with E-state index in [0.717, 1.165) is 31.8 Å². The highest BCUT2D eigenvalue weighted by Gasteiger charge is 2.22. The van der Waals surface area contributed by atoms with Crippen molar-refractivity contribution in [3.8, 4) is 0 Å². The molecule has 1 fully saturated rings. The van der Waals surface area contributed by atoms with Gasteiger partial charge < -0.3 is 19.0 Å². The predicted octanol–water partition coefficient (Wildman–Crippen LogP) is 1.99. The molecule has 0 saturated carbocycles. The van der Waals surface area contributed by atoms with Crippen LogP contribution in [-0.2, 0) is 24.9 Å². The third-order valence-electron chi connectivity index (χ3n) is 5.35. The van der Waals surface area contributed by atoms with Gasteiger partial charge in [-0.25, -0.2) is 4.98 Å². The van der Waals surface area contributed by atoms with Gasteiger partial charge in [-0.3, -0.25) is 14.5 Å². The summed E-state index contributed by atoms with van der Waals surface area (Å²) in [5.41, 5.74) is 2.32. The molecule has 0 radical (unpaired) electrons. The maximum atomic E-state index is 12.8. The number of hydrogen-bond acceptors (Lipinski definition) is 6. The molecule has 158 valence electrons. The second-order valence-corrected chi connectivity index (χ2v) is 7.79. The molecule has 1 unspecified atom stereocenters. The molecule has 1 saturated heterocycles. The minimum Gasteiger partial charge on any atom is -0.442 e. The van der Waals surface area contributed by atoms with E-state index in [2.05, 4.69) is 34.3 Å². The van der Waals surface area contributed by atoms with Gasteiger partial charge in [-0.05, 0) is 25.0 Å². The average Bonchev–Trinajstić information content (AvgIpc) is 3.06. The molecule has 8 nitrogen and oxygen atoms in total. The number of carbonyl (C=O) groups excluding carboxylic acids is 1. The Hall–Kier alpha value is -2.97. The summed E-state index contributed by atoms with van der Waals surface area (Å²) in [6.07, 6.45) is 1.63. The Bertz CT molecular complexity index is 1130. The van der Waals surface area contributed by atoms with Crippen molar-refractivity contribution in [1.82, 2.24) is 19.8 Å². The molecule has 3 aromatic rings. The molecular weight excluding hydrogens is 384 g/mol. The molecule has 1 aliphatic rings. The van der Waals surface area contributed by atoms with E-state index >= 15 is 0 Å². The number of furan rings is 1. The minimum atomic E-state index is -0.344. The van der Waals surface area contributed by atoms with Crippen LogP contribution in [-0.4, -0.2) is 46.2 Å². The minimum absolute atomic E-state index is 0.183. The van der Waals surface area contributed by atoms with Crippen LogP contribution in [0.2, 0.25) is 0 Å². The lowest BCUT2D eigenvalue weighted by Crippen LogP contribution is -2.40. The molecule has 3 heterocycles. The normalized spacial score (nSPS) is 17.4. The van der Waals surface area contributed by atoms with Gasteiger partial charge in [0.25, 0.3) is 11.5 Å². The molecule has 2 aromatic heterocycles. The van der Waals surface area contributed by atoms with E-state index in [9.17, 15) is 9.59 Å². The number of aryl methyl sites for hydroxylation is 2.